The minimum absolute atomic E-state index is 0.515. The Morgan fingerprint density at radius 3 is 1.48 bits per heavy atom. The average Bonchev–Trinajstić information content (AvgIpc) is 3.59. The summed E-state index contributed by atoms with van der Waals surface area (Å²) in [4.78, 5) is 0. The Balaban J connectivity index is 1.40. The van der Waals surface area contributed by atoms with Crippen molar-refractivity contribution in [3.8, 4) is 22.3 Å². The van der Waals surface area contributed by atoms with E-state index in [1.165, 1.54) is 51.8 Å². The molecule has 6 rings (SSSR count). The predicted octanol–water partition coefficient (Wildman–Crippen LogP) is 10.7. The van der Waals surface area contributed by atoms with Gasteiger partial charge in [-0.2, -0.15) is 0 Å². The van der Waals surface area contributed by atoms with Gasteiger partial charge in [-0.1, -0.05) is 208 Å². The maximum absolute atomic E-state index is 2.63. The van der Waals surface area contributed by atoms with Crippen LogP contribution in [0.25, 0.3) is 34.4 Å². The SMILES string of the molecule is CCCC1C([Si]C2=Cc3c(cccc3-c3cc([Si](C)(C)C)cc([Si](C)(C)C)c3)C2)=Cc2c(-c3cc([Si](C)(C)C)cc([Si](C)(C)C)c3)cccc21. The Hall–Kier alpha value is -2.56. The van der Waals surface area contributed by atoms with Gasteiger partial charge in [-0.3, -0.25) is 0 Å². The zero-order valence-corrected chi connectivity index (χ0v) is 38.3. The molecule has 4 aromatic carbocycles. The second kappa shape index (κ2) is 13.5. The minimum atomic E-state index is -1.48. The summed E-state index contributed by atoms with van der Waals surface area (Å²) in [5.41, 5.74) is 11.7. The summed E-state index contributed by atoms with van der Waals surface area (Å²) in [6, 6.07) is 29.6. The molecular formula is C45H60Si5. The van der Waals surface area contributed by atoms with E-state index in [1.807, 2.05) is 0 Å². The Morgan fingerprint density at radius 2 is 1.02 bits per heavy atom. The third-order valence-electron chi connectivity index (χ3n) is 10.9. The van der Waals surface area contributed by atoms with E-state index in [0.717, 1.165) is 15.9 Å². The number of fused-ring (bicyclic) bond motifs is 2. The molecule has 2 aliphatic rings. The van der Waals surface area contributed by atoms with Gasteiger partial charge in [0.05, 0.1) is 32.3 Å². The van der Waals surface area contributed by atoms with E-state index in [1.54, 1.807) is 36.7 Å². The van der Waals surface area contributed by atoms with Gasteiger partial charge in [-0.25, -0.2) is 0 Å². The van der Waals surface area contributed by atoms with E-state index in [2.05, 4.69) is 170 Å². The fraction of sp³-hybridized carbons (Fsp3) is 0.378. The van der Waals surface area contributed by atoms with Crippen molar-refractivity contribution in [2.45, 2.75) is 111 Å². The van der Waals surface area contributed by atoms with Crippen molar-refractivity contribution in [2.24, 2.45) is 0 Å². The monoisotopic (exact) mass is 740 g/mol. The molecule has 2 radical (unpaired) electrons. The molecule has 50 heavy (non-hydrogen) atoms. The molecule has 0 aliphatic heterocycles. The molecule has 0 nitrogen and oxygen atoms in total. The molecule has 0 N–H and O–H groups in total. The average molecular weight is 741 g/mol. The summed E-state index contributed by atoms with van der Waals surface area (Å²) in [6.45, 7) is 32.3. The predicted molar refractivity (Wildman–Crippen MR) is 239 cm³/mol. The van der Waals surface area contributed by atoms with Crippen LogP contribution in [0.2, 0.25) is 78.6 Å². The topological polar surface area (TPSA) is 0 Å². The number of hydrogen-bond acceptors (Lipinski definition) is 0. The van der Waals surface area contributed by atoms with Gasteiger partial charge in [0.25, 0.3) is 0 Å². The first kappa shape index (κ1) is 37.2. The Morgan fingerprint density at radius 1 is 0.560 bits per heavy atom. The summed E-state index contributed by atoms with van der Waals surface area (Å²) < 4.78 is 0. The highest BCUT2D eigenvalue weighted by atomic mass is 28.3. The van der Waals surface area contributed by atoms with Crippen molar-refractivity contribution in [2.75, 3.05) is 0 Å². The van der Waals surface area contributed by atoms with E-state index in [0.29, 0.717) is 5.92 Å². The summed E-state index contributed by atoms with van der Waals surface area (Å²) in [5.74, 6) is 0.515. The van der Waals surface area contributed by atoms with Crippen molar-refractivity contribution in [1.82, 2.24) is 0 Å². The molecule has 1 unspecified atom stereocenters. The first-order valence-electron chi connectivity index (χ1n) is 19.0. The van der Waals surface area contributed by atoms with Crippen LogP contribution in [0.15, 0.2) is 83.2 Å². The number of allylic oxidation sites excluding steroid dienone is 2. The van der Waals surface area contributed by atoms with Crippen molar-refractivity contribution in [3.05, 3.63) is 105 Å². The molecule has 0 saturated heterocycles. The lowest BCUT2D eigenvalue weighted by Gasteiger charge is -2.25. The largest absolute Gasteiger partial charge is 0.111 e. The molecule has 0 bridgehead atoms. The second-order valence-electron chi connectivity index (χ2n) is 19.2. The number of rotatable bonds is 10. The lowest BCUT2D eigenvalue weighted by atomic mass is 9.92. The molecule has 2 aliphatic carbocycles. The quantitative estimate of drug-likeness (QED) is 0.142. The molecule has 0 heterocycles. The number of benzene rings is 4. The van der Waals surface area contributed by atoms with Gasteiger partial charge in [-0.15, -0.1) is 0 Å². The normalized spacial score (nSPS) is 16.3. The molecule has 4 aromatic rings. The fourth-order valence-corrected chi connectivity index (χ4v) is 14.2. The molecule has 0 saturated carbocycles. The fourth-order valence-electron chi connectivity index (χ4n) is 7.63. The van der Waals surface area contributed by atoms with Gasteiger partial charge in [-0.05, 0) is 57.3 Å². The molecule has 0 fully saturated rings. The van der Waals surface area contributed by atoms with E-state index < -0.39 is 32.3 Å². The Kier molecular flexibility index (Phi) is 10.0. The molecule has 1 atom stereocenters. The van der Waals surface area contributed by atoms with Gasteiger partial charge in [0, 0.05) is 5.92 Å². The van der Waals surface area contributed by atoms with Crippen molar-refractivity contribution in [1.29, 1.82) is 0 Å². The number of hydrogen-bond donors (Lipinski definition) is 0. The van der Waals surface area contributed by atoms with Crippen molar-refractivity contribution in [3.63, 3.8) is 0 Å². The van der Waals surface area contributed by atoms with Gasteiger partial charge in [0.15, 0.2) is 0 Å². The van der Waals surface area contributed by atoms with Crippen LogP contribution in [0.3, 0.4) is 0 Å². The van der Waals surface area contributed by atoms with Crippen LogP contribution in [0.4, 0.5) is 0 Å². The second-order valence-corrected chi connectivity index (χ2v) is 41.0. The summed E-state index contributed by atoms with van der Waals surface area (Å²) in [7, 11) is -5.16. The first-order valence-corrected chi connectivity index (χ1v) is 34.0. The molecule has 260 valence electrons. The maximum atomic E-state index is 2.63. The molecule has 0 spiro atoms. The van der Waals surface area contributed by atoms with E-state index >= 15 is 0 Å². The van der Waals surface area contributed by atoms with Crippen LogP contribution in [0, 0.1) is 0 Å². The van der Waals surface area contributed by atoms with Crippen LogP contribution >= 0.6 is 0 Å². The minimum Gasteiger partial charge on any atom is -0.0748 e. The van der Waals surface area contributed by atoms with Crippen molar-refractivity contribution < 1.29 is 0 Å². The van der Waals surface area contributed by atoms with Crippen LogP contribution in [-0.2, 0) is 6.42 Å². The van der Waals surface area contributed by atoms with Gasteiger partial charge < -0.3 is 0 Å². The van der Waals surface area contributed by atoms with Gasteiger partial charge in [0.2, 0.25) is 0 Å². The van der Waals surface area contributed by atoms with Crippen LogP contribution in [0.1, 0.15) is 47.9 Å². The van der Waals surface area contributed by atoms with Crippen LogP contribution < -0.4 is 20.7 Å². The highest BCUT2D eigenvalue weighted by Crippen LogP contribution is 2.44. The van der Waals surface area contributed by atoms with Crippen LogP contribution in [0.5, 0.6) is 0 Å². The zero-order valence-electron chi connectivity index (χ0n) is 33.3. The van der Waals surface area contributed by atoms with E-state index in [-0.39, 0.29) is 0 Å². The third-order valence-corrected chi connectivity index (χ3v) is 20.4. The highest BCUT2D eigenvalue weighted by Gasteiger charge is 2.31. The van der Waals surface area contributed by atoms with E-state index in [9.17, 15) is 0 Å². The highest BCUT2D eigenvalue weighted by molar-refractivity contribution is 6.92. The first-order chi connectivity index (χ1) is 23.2. The summed E-state index contributed by atoms with van der Waals surface area (Å²) in [6.07, 6.45) is 8.72. The Bertz CT molecular complexity index is 1940. The summed E-state index contributed by atoms with van der Waals surface area (Å²) in [5, 5.41) is 9.61. The third kappa shape index (κ3) is 7.63. The lowest BCUT2D eigenvalue weighted by molar-refractivity contribution is 0.716. The lowest BCUT2D eigenvalue weighted by Crippen LogP contribution is -2.45. The standard InChI is InChI=1S/C45H60Si5/c1-14-17-42-41-21-16-20-40(33-25-37(49(8,9)10)29-38(26-33)50(11,12)13)44(41)30-45(42)46-34-22-31-18-15-19-39(43(31)27-34)32-23-35(47(2,3)4)28-36(24-32)48(5,6)7/h15-16,18-21,23-30,42H,14,17,22H2,1-13H3. The smallest absolute Gasteiger partial charge is 0.0748 e. The zero-order chi connectivity index (χ0) is 36.4. The van der Waals surface area contributed by atoms with Gasteiger partial charge in [0.1, 0.15) is 9.52 Å². The molecule has 5 heteroatoms. The molecular weight excluding hydrogens is 681 g/mol. The summed E-state index contributed by atoms with van der Waals surface area (Å²) >= 11 is 0. The maximum Gasteiger partial charge on any atom is 0.111 e. The van der Waals surface area contributed by atoms with E-state index in [4.69, 9.17) is 0 Å². The van der Waals surface area contributed by atoms with Crippen LogP contribution in [-0.4, -0.2) is 41.8 Å². The molecule has 0 amide bonds. The van der Waals surface area contributed by atoms with Gasteiger partial charge >= 0.3 is 0 Å². The Labute approximate surface area is 311 Å². The molecule has 0 aromatic heterocycles. The van der Waals surface area contributed by atoms with Crippen molar-refractivity contribution >= 4 is 74.7 Å².